The lowest BCUT2D eigenvalue weighted by atomic mass is 10.1. The SMILES string of the molecule is CC[N+]1(CCNC)C=NC(C(C)C)=C1Sc1cccc(Cl)c1. The van der Waals surface area contributed by atoms with Gasteiger partial charge in [0, 0.05) is 22.4 Å². The summed E-state index contributed by atoms with van der Waals surface area (Å²) in [5.41, 5.74) is 1.20. The molecule has 5 heteroatoms. The van der Waals surface area contributed by atoms with Gasteiger partial charge in [-0.2, -0.15) is 0 Å². The lowest BCUT2D eigenvalue weighted by Crippen LogP contribution is -2.47. The summed E-state index contributed by atoms with van der Waals surface area (Å²) < 4.78 is 0.811. The Morgan fingerprint density at radius 1 is 1.36 bits per heavy atom. The summed E-state index contributed by atoms with van der Waals surface area (Å²) in [6.45, 7) is 9.62. The van der Waals surface area contributed by atoms with Crippen molar-refractivity contribution in [1.82, 2.24) is 5.32 Å². The van der Waals surface area contributed by atoms with Crippen molar-refractivity contribution in [2.75, 3.05) is 26.7 Å². The topological polar surface area (TPSA) is 24.4 Å². The molecule has 1 heterocycles. The van der Waals surface area contributed by atoms with Crippen molar-refractivity contribution in [1.29, 1.82) is 0 Å². The first kappa shape index (κ1) is 17.5. The van der Waals surface area contributed by atoms with E-state index in [1.165, 1.54) is 15.6 Å². The molecule has 3 nitrogen and oxygen atoms in total. The molecule has 0 fully saturated rings. The van der Waals surface area contributed by atoms with E-state index in [1.807, 2.05) is 25.2 Å². The summed E-state index contributed by atoms with van der Waals surface area (Å²) >= 11 is 7.94. The number of aliphatic imine (C=N–C) groups is 1. The highest BCUT2D eigenvalue weighted by molar-refractivity contribution is 8.02. The molecule has 1 aromatic carbocycles. The van der Waals surface area contributed by atoms with Crippen molar-refractivity contribution < 1.29 is 4.48 Å². The summed E-state index contributed by atoms with van der Waals surface area (Å²) in [6.07, 6.45) is 2.11. The quantitative estimate of drug-likeness (QED) is 0.747. The van der Waals surface area contributed by atoms with Gasteiger partial charge in [-0.1, -0.05) is 31.5 Å². The van der Waals surface area contributed by atoms with Crippen molar-refractivity contribution in [3.05, 3.63) is 40.0 Å². The van der Waals surface area contributed by atoms with Crippen LogP contribution < -0.4 is 5.32 Å². The van der Waals surface area contributed by atoms with Gasteiger partial charge in [-0.25, -0.2) is 9.48 Å². The molecule has 2 rings (SSSR count). The zero-order valence-electron chi connectivity index (χ0n) is 13.8. The van der Waals surface area contributed by atoms with Gasteiger partial charge in [-0.05, 0) is 43.9 Å². The average molecular weight is 339 g/mol. The van der Waals surface area contributed by atoms with Gasteiger partial charge in [0.2, 0.25) is 0 Å². The largest absolute Gasteiger partial charge is 0.315 e. The van der Waals surface area contributed by atoms with Crippen LogP contribution in [0.25, 0.3) is 0 Å². The number of likely N-dealkylation sites (N-methyl/N-ethyl adjacent to an activating group) is 2. The third kappa shape index (κ3) is 3.74. The fourth-order valence-corrected chi connectivity index (χ4v) is 4.20. The molecule has 0 bridgehead atoms. The Morgan fingerprint density at radius 2 is 2.14 bits per heavy atom. The lowest BCUT2D eigenvalue weighted by Gasteiger charge is -2.31. The Morgan fingerprint density at radius 3 is 2.73 bits per heavy atom. The van der Waals surface area contributed by atoms with Crippen LogP contribution in [0.1, 0.15) is 20.8 Å². The maximum atomic E-state index is 6.14. The van der Waals surface area contributed by atoms with Crippen LogP contribution in [-0.4, -0.2) is 37.5 Å². The maximum absolute atomic E-state index is 6.14. The zero-order valence-corrected chi connectivity index (χ0v) is 15.3. The molecule has 0 saturated heterocycles. The first-order valence-corrected chi connectivity index (χ1v) is 8.96. The van der Waals surface area contributed by atoms with Crippen LogP contribution in [0.5, 0.6) is 0 Å². The minimum absolute atomic E-state index is 0.416. The van der Waals surface area contributed by atoms with E-state index < -0.39 is 0 Å². The van der Waals surface area contributed by atoms with Crippen LogP contribution in [0, 0.1) is 5.92 Å². The molecular weight excluding hydrogens is 314 g/mol. The van der Waals surface area contributed by atoms with E-state index in [-0.39, 0.29) is 0 Å². The Balaban J connectivity index is 2.37. The molecule has 1 unspecified atom stereocenters. The Labute approximate surface area is 143 Å². The summed E-state index contributed by atoms with van der Waals surface area (Å²) in [5.74, 6) is 0.416. The fourth-order valence-electron chi connectivity index (χ4n) is 2.54. The van der Waals surface area contributed by atoms with Gasteiger partial charge in [0.15, 0.2) is 11.4 Å². The first-order chi connectivity index (χ1) is 10.5. The number of halogens is 1. The van der Waals surface area contributed by atoms with Crippen LogP contribution in [-0.2, 0) is 0 Å². The van der Waals surface area contributed by atoms with Gasteiger partial charge in [0.1, 0.15) is 12.2 Å². The van der Waals surface area contributed by atoms with Crippen LogP contribution in [0.15, 0.2) is 44.9 Å². The normalized spacial score (nSPS) is 21.2. The second kappa shape index (κ2) is 7.64. The van der Waals surface area contributed by atoms with Gasteiger partial charge >= 0.3 is 0 Å². The first-order valence-electron chi connectivity index (χ1n) is 7.77. The third-order valence-electron chi connectivity index (χ3n) is 3.92. The summed E-state index contributed by atoms with van der Waals surface area (Å²) in [7, 11) is 2.00. The van der Waals surface area contributed by atoms with Crippen LogP contribution in [0.3, 0.4) is 0 Å². The van der Waals surface area contributed by atoms with Crippen molar-refractivity contribution in [2.45, 2.75) is 25.7 Å². The number of hydrogen-bond acceptors (Lipinski definition) is 3. The number of hydrogen-bond donors (Lipinski definition) is 1. The van der Waals surface area contributed by atoms with Crippen molar-refractivity contribution in [3.8, 4) is 0 Å². The second-order valence-electron chi connectivity index (χ2n) is 5.83. The zero-order chi connectivity index (χ0) is 16.2. The van der Waals surface area contributed by atoms with Gasteiger partial charge in [-0.3, -0.25) is 0 Å². The number of rotatable bonds is 7. The van der Waals surface area contributed by atoms with Gasteiger partial charge < -0.3 is 5.32 Å². The van der Waals surface area contributed by atoms with E-state index in [0.29, 0.717) is 5.92 Å². The molecule has 0 aliphatic carbocycles. The van der Waals surface area contributed by atoms with E-state index >= 15 is 0 Å². The van der Waals surface area contributed by atoms with Crippen LogP contribution >= 0.6 is 23.4 Å². The molecule has 1 N–H and O–H groups in total. The van der Waals surface area contributed by atoms with Gasteiger partial charge in [0.05, 0.1) is 6.54 Å². The van der Waals surface area contributed by atoms with Gasteiger partial charge in [0.25, 0.3) is 0 Å². The molecule has 0 spiro atoms. The number of benzene rings is 1. The van der Waals surface area contributed by atoms with E-state index in [2.05, 4.69) is 38.5 Å². The molecule has 1 atom stereocenters. The predicted molar refractivity (Wildman–Crippen MR) is 97.3 cm³/mol. The van der Waals surface area contributed by atoms with Crippen molar-refractivity contribution in [2.24, 2.45) is 10.9 Å². The molecule has 120 valence electrons. The smallest absolute Gasteiger partial charge is 0.200 e. The van der Waals surface area contributed by atoms with Crippen LogP contribution in [0.2, 0.25) is 5.02 Å². The van der Waals surface area contributed by atoms with E-state index in [1.54, 1.807) is 11.8 Å². The van der Waals surface area contributed by atoms with E-state index in [0.717, 1.165) is 29.1 Å². The standard InChI is InChI=1S/C17H25ClN3S/c1-5-21(10-9-19-4)12-20-16(13(2)3)17(21)22-15-8-6-7-14(18)11-15/h6-8,11-13,19H,5,9-10H2,1-4H3/q+1. The lowest BCUT2D eigenvalue weighted by molar-refractivity contribution is -0.781. The summed E-state index contributed by atoms with van der Waals surface area (Å²) in [5, 5.41) is 5.37. The number of allylic oxidation sites excluding steroid dienone is 1. The van der Waals surface area contributed by atoms with E-state index in [9.17, 15) is 0 Å². The fraction of sp³-hybridized carbons (Fsp3) is 0.471. The highest BCUT2D eigenvalue weighted by Crippen LogP contribution is 2.41. The van der Waals surface area contributed by atoms with Crippen LogP contribution in [0.4, 0.5) is 0 Å². The second-order valence-corrected chi connectivity index (χ2v) is 7.33. The Bertz CT molecular complexity index is 583. The van der Waals surface area contributed by atoms with Crippen molar-refractivity contribution >= 4 is 29.7 Å². The third-order valence-corrected chi connectivity index (χ3v) is 5.41. The molecule has 1 aliphatic rings. The van der Waals surface area contributed by atoms with E-state index in [4.69, 9.17) is 16.6 Å². The molecule has 0 saturated carbocycles. The monoisotopic (exact) mass is 338 g/mol. The molecular formula is C17H25ClN3S+. The summed E-state index contributed by atoms with van der Waals surface area (Å²) in [4.78, 5) is 5.93. The van der Waals surface area contributed by atoms with Gasteiger partial charge in [-0.15, -0.1) is 0 Å². The minimum Gasteiger partial charge on any atom is -0.315 e. The predicted octanol–water partition coefficient (Wildman–Crippen LogP) is 4.36. The average Bonchev–Trinajstić information content (AvgIpc) is 2.84. The Kier molecular flexibility index (Phi) is 6.09. The summed E-state index contributed by atoms with van der Waals surface area (Å²) in [6, 6.07) is 8.06. The van der Waals surface area contributed by atoms with Crippen molar-refractivity contribution in [3.63, 3.8) is 0 Å². The number of quaternary nitrogens is 1. The molecule has 0 aromatic heterocycles. The highest BCUT2D eigenvalue weighted by atomic mass is 35.5. The molecule has 22 heavy (non-hydrogen) atoms. The Hall–Kier alpha value is -0.810. The molecule has 0 radical (unpaired) electrons. The molecule has 1 aliphatic heterocycles. The minimum atomic E-state index is 0.416. The highest BCUT2D eigenvalue weighted by Gasteiger charge is 2.38. The molecule has 1 aromatic rings. The maximum Gasteiger partial charge on any atom is 0.200 e. The number of thioether (sulfide) groups is 1. The number of nitrogens with zero attached hydrogens (tertiary/aromatic N) is 2. The number of nitrogens with one attached hydrogen (secondary N) is 1. The molecule has 0 amide bonds.